The van der Waals surface area contributed by atoms with Gasteiger partial charge in [-0.15, -0.1) is 0 Å². The number of nitrogens with zero attached hydrogens (tertiary/aromatic N) is 5. The Morgan fingerprint density at radius 2 is 1.73 bits per heavy atom. The van der Waals surface area contributed by atoms with Gasteiger partial charge in [-0.25, -0.2) is 4.68 Å². The van der Waals surface area contributed by atoms with Gasteiger partial charge in [0.15, 0.2) is 5.65 Å². The Labute approximate surface area is 211 Å². The lowest BCUT2D eigenvalue weighted by Crippen LogP contribution is -2.19. The number of H-pyrrole nitrogens is 1. The maximum absolute atomic E-state index is 13.1. The highest BCUT2D eigenvalue weighted by Gasteiger charge is 2.18. The first-order valence-electron chi connectivity index (χ1n) is 11.8. The Hall–Kier alpha value is -5.05. The van der Waals surface area contributed by atoms with Gasteiger partial charge >= 0.3 is 0 Å². The van der Waals surface area contributed by atoms with Crippen LogP contribution in [0.3, 0.4) is 0 Å². The van der Waals surface area contributed by atoms with Gasteiger partial charge in [0.1, 0.15) is 11.2 Å². The van der Waals surface area contributed by atoms with Crippen LogP contribution in [-0.4, -0.2) is 35.4 Å². The van der Waals surface area contributed by atoms with E-state index in [-0.39, 0.29) is 17.4 Å². The zero-order chi connectivity index (χ0) is 25.7. The van der Waals surface area contributed by atoms with Crippen LogP contribution < -0.4 is 10.9 Å². The van der Waals surface area contributed by atoms with Crippen LogP contribution in [0.5, 0.6) is 0 Å². The van der Waals surface area contributed by atoms with Gasteiger partial charge in [-0.05, 0) is 60.9 Å². The molecule has 0 aliphatic rings. The largest absolute Gasteiger partial charge is 0.306 e. The fourth-order valence-electron chi connectivity index (χ4n) is 4.42. The number of rotatable bonds is 4. The molecule has 0 aliphatic heterocycles. The minimum atomic E-state index is -0.350. The number of hydrogen-bond donors (Lipinski definition) is 2. The van der Waals surface area contributed by atoms with Crippen molar-refractivity contribution in [3.8, 4) is 11.6 Å². The van der Waals surface area contributed by atoms with Crippen molar-refractivity contribution >= 4 is 33.5 Å². The molecule has 3 aromatic carbocycles. The minimum Gasteiger partial charge on any atom is -0.306 e. The van der Waals surface area contributed by atoms with Gasteiger partial charge in [0.05, 0.1) is 17.6 Å². The maximum Gasteiger partial charge on any atom is 0.263 e. The predicted octanol–water partition coefficient (Wildman–Crippen LogP) is 4.63. The summed E-state index contributed by atoms with van der Waals surface area (Å²) in [7, 11) is 0. The second-order valence-corrected chi connectivity index (χ2v) is 9.00. The summed E-state index contributed by atoms with van der Waals surface area (Å²) in [6.07, 6.45) is 1.50. The summed E-state index contributed by atoms with van der Waals surface area (Å²) in [4.78, 5) is 33.6. The molecule has 6 aromatic rings. The van der Waals surface area contributed by atoms with Gasteiger partial charge < -0.3 is 5.32 Å². The molecule has 9 heteroatoms. The van der Waals surface area contributed by atoms with E-state index in [0.29, 0.717) is 28.1 Å². The second kappa shape index (κ2) is 8.56. The molecule has 1 amide bonds. The Morgan fingerprint density at radius 1 is 0.919 bits per heavy atom. The highest BCUT2D eigenvalue weighted by molar-refractivity contribution is 6.06. The summed E-state index contributed by atoms with van der Waals surface area (Å²) < 4.78 is 3.08. The number of hydrogen-bond acceptors (Lipinski definition) is 5. The average molecular weight is 490 g/mol. The molecule has 0 aliphatic carbocycles. The topological polar surface area (TPSA) is 110 Å². The molecule has 0 fully saturated rings. The van der Waals surface area contributed by atoms with Crippen molar-refractivity contribution in [1.29, 1.82) is 0 Å². The number of nitrogens with one attached hydrogen (secondary N) is 2. The Balaban J connectivity index is 1.42. The highest BCUT2D eigenvalue weighted by Crippen LogP contribution is 2.22. The lowest BCUT2D eigenvalue weighted by molar-refractivity contribution is 0.102. The van der Waals surface area contributed by atoms with E-state index in [1.165, 1.54) is 10.9 Å². The zero-order valence-electron chi connectivity index (χ0n) is 20.5. The smallest absolute Gasteiger partial charge is 0.263 e. The normalized spacial score (nSPS) is 11.3. The number of benzene rings is 3. The molecule has 0 radical (unpaired) electrons. The van der Waals surface area contributed by atoms with Crippen molar-refractivity contribution in [1.82, 2.24) is 29.5 Å². The summed E-state index contributed by atoms with van der Waals surface area (Å²) in [5.41, 5.74) is 4.18. The molecule has 6 rings (SSSR count). The summed E-state index contributed by atoms with van der Waals surface area (Å²) in [5.74, 6) is 0.262. The summed E-state index contributed by atoms with van der Waals surface area (Å²) >= 11 is 0. The summed E-state index contributed by atoms with van der Waals surface area (Å²) in [6, 6.07) is 21.0. The first-order chi connectivity index (χ1) is 17.9. The number of carbonyl (C=O) groups excluding carboxylic acids is 1. The van der Waals surface area contributed by atoms with Crippen LogP contribution in [-0.2, 0) is 0 Å². The number of aromatic nitrogens is 6. The van der Waals surface area contributed by atoms with Crippen molar-refractivity contribution in [2.24, 2.45) is 0 Å². The molecule has 0 saturated heterocycles. The second-order valence-electron chi connectivity index (χ2n) is 9.00. The third-order valence-electron chi connectivity index (χ3n) is 6.52. The number of aromatic amines is 1. The molecule has 9 nitrogen and oxygen atoms in total. The summed E-state index contributed by atoms with van der Waals surface area (Å²) in [6.45, 7) is 5.83. The molecule has 0 spiro atoms. The van der Waals surface area contributed by atoms with Gasteiger partial charge in [-0.3, -0.25) is 14.6 Å². The molecule has 0 atom stereocenters. The lowest BCUT2D eigenvalue weighted by Gasteiger charge is -2.11. The van der Waals surface area contributed by atoms with Crippen LogP contribution in [0.15, 0.2) is 77.7 Å². The van der Waals surface area contributed by atoms with Crippen molar-refractivity contribution < 1.29 is 4.79 Å². The molecule has 0 bridgehead atoms. The van der Waals surface area contributed by atoms with E-state index < -0.39 is 0 Å². The quantitative estimate of drug-likeness (QED) is 0.375. The fraction of sp³-hybridized carbons (Fsp3) is 0.107. The van der Waals surface area contributed by atoms with E-state index in [1.54, 1.807) is 23.7 Å². The number of anilines is 1. The lowest BCUT2D eigenvalue weighted by atomic mass is 10.1. The number of amides is 1. The van der Waals surface area contributed by atoms with Crippen molar-refractivity contribution in [2.75, 3.05) is 5.32 Å². The Bertz CT molecular complexity index is 1890. The third kappa shape index (κ3) is 3.86. The Morgan fingerprint density at radius 3 is 2.57 bits per heavy atom. The molecule has 0 saturated carbocycles. The van der Waals surface area contributed by atoms with Gasteiger partial charge in [-0.2, -0.15) is 19.9 Å². The molecule has 37 heavy (non-hydrogen) atoms. The fourth-order valence-corrected chi connectivity index (χ4v) is 4.42. The van der Waals surface area contributed by atoms with Gasteiger partial charge in [0.2, 0.25) is 5.95 Å². The first kappa shape index (κ1) is 22.4. The highest BCUT2D eigenvalue weighted by atomic mass is 16.2. The van der Waals surface area contributed by atoms with Crippen LogP contribution in [0.1, 0.15) is 27.2 Å². The van der Waals surface area contributed by atoms with E-state index in [2.05, 4.69) is 20.5 Å². The van der Waals surface area contributed by atoms with Crippen LogP contribution >= 0.6 is 0 Å². The van der Waals surface area contributed by atoms with Crippen molar-refractivity contribution in [2.45, 2.75) is 20.8 Å². The molecule has 0 unspecified atom stereocenters. The molecular formula is C28H23N7O2. The van der Waals surface area contributed by atoms with Crippen molar-refractivity contribution in [3.05, 3.63) is 106 Å². The van der Waals surface area contributed by atoms with E-state index in [9.17, 15) is 9.59 Å². The molecule has 2 N–H and O–H groups in total. The van der Waals surface area contributed by atoms with Crippen LogP contribution in [0.4, 0.5) is 5.82 Å². The van der Waals surface area contributed by atoms with E-state index in [0.717, 1.165) is 27.6 Å². The molecule has 3 heterocycles. The van der Waals surface area contributed by atoms with E-state index in [1.807, 2.05) is 68.4 Å². The minimum absolute atomic E-state index is 0.173. The third-order valence-corrected chi connectivity index (χ3v) is 6.52. The molecule has 3 aromatic heterocycles. The zero-order valence-corrected chi connectivity index (χ0v) is 20.5. The van der Waals surface area contributed by atoms with Crippen LogP contribution in [0.25, 0.3) is 33.4 Å². The van der Waals surface area contributed by atoms with Gasteiger partial charge in [-0.1, -0.05) is 42.5 Å². The first-order valence-corrected chi connectivity index (χ1v) is 11.8. The SMILES string of the molecule is Cc1cc(NC(=O)c2ccc3ccccc3c2)n(-c2nc3c(cnn3-c3cccc(C)c3C)c(=O)[nH]2)n1. The van der Waals surface area contributed by atoms with Crippen LogP contribution in [0.2, 0.25) is 0 Å². The van der Waals surface area contributed by atoms with E-state index in [4.69, 9.17) is 4.98 Å². The number of carbonyl (C=O) groups is 1. The monoisotopic (exact) mass is 489 g/mol. The number of aryl methyl sites for hydroxylation is 2. The Kier molecular flexibility index (Phi) is 5.19. The van der Waals surface area contributed by atoms with Crippen LogP contribution in [0, 0.1) is 20.8 Å². The van der Waals surface area contributed by atoms with Gasteiger partial charge in [0.25, 0.3) is 11.5 Å². The van der Waals surface area contributed by atoms with Gasteiger partial charge in [0, 0.05) is 11.6 Å². The average Bonchev–Trinajstić information content (AvgIpc) is 3.48. The molecule has 182 valence electrons. The van der Waals surface area contributed by atoms with E-state index >= 15 is 0 Å². The maximum atomic E-state index is 13.1. The predicted molar refractivity (Wildman–Crippen MR) is 143 cm³/mol. The summed E-state index contributed by atoms with van der Waals surface area (Å²) in [5, 5.41) is 14.2. The number of fused-ring (bicyclic) bond motifs is 2. The standard InChI is InChI=1S/C28H23N7O2/c1-16-7-6-10-23(18(16)3)34-25-22(15-29-34)27(37)32-28(31-25)35-24(13-17(2)33-35)30-26(36)21-12-11-19-8-4-5-9-20(19)14-21/h4-15H,1-3H3,(H,30,36)(H,31,32,37). The molecular weight excluding hydrogens is 466 g/mol. The van der Waals surface area contributed by atoms with Crippen molar-refractivity contribution in [3.63, 3.8) is 0 Å².